The Kier molecular flexibility index (Phi) is 5.24. The van der Waals surface area contributed by atoms with Gasteiger partial charge < -0.3 is 15.2 Å². The molecule has 0 bridgehead atoms. The van der Waals surface area contributed by atoms with E-state index in [2.05, 4.69) is 20.3 Å². The maximum atomic E-state index is 12.5. The highest BCUT2D eigenvalue weighted by Gasteiger charge is 2.19. The van der Waals surface area contributed by atoms with Gasteiger partial charge in [0, 0.05) is 22.1 Å². The molecule has 134 valence electrons. The monoisotopic (exact) mass is 370 g/mol. The SMILES string of the molecule is CC(C)(O)c1ccc(CNC(=O)c2cncnc2Oc2cccnc2)s1. The number of thiophene rings is 1. The number of hydrogen-bond donors (Lipinski definition) is 2. The minimum absolute atomic E-state index is 0.161. The minimum Gasteiger partial charge on any atom is -0.436 e. The molecule has 26 heavy (non-hydrogen) atoms. The van der Waals surface area contributed by atoms with E-state index in [-0.39, 0.29) is 17.4 Å². The highest BCUT2D eigenvalue weighted by Crippen LogP contribution is 2.28. The van der Waals surface area contributed by atoms with Crippen LogP contribution in [0.5, 0.6) is 11.6 Å². The number of hydrogen-bond acceptors (Lipinski definition) is 7. The van der Waals surface area contributed by atoms with Gasteiger partial charge in [0.15, 0.2) is 0 Å². The second kappa shape index (κ2) is 7.59. The van der Waals surface area contributed by atoms with E-state index in [0.29, 0.717) is 12.3 Å². The first-order chi connectivity index (χ1) is 12.4. The lowest BCUT2D eigenvalue weighted by Crippen LogP contribution is -2.23. The molecule has 3 heterocycles. The number of carbonyl (C=O) groups is 1. The smallest absolute Gasteiger partial charge is 0.258 e. The zero-order valence-corrected chi connectivity index (χ0v) is 15.2. The number of nitrogens with one attached hydrogen (secondary N) is 1. The predicted molar refractivity (Wildman–Crippen MR) is 97.1 cm³/mol. The molecule has 8 heteroatoms. The maximum absolute atomic E-state index is 12.5. The Labute approximate surface area is 154 Å². The van der Waals surface area contributed by atoms with Gasteiger partial charge in [-0.05, 0) is 38.1 Å². The van der Waals surface area contributed by atoms with Crippen LogP contribution in [0, 0.1) is 0 Å². The summed E-state index contributed by atoms with van der Waals surface area (Å²) in [6.45, 7) is 3.79. The van der Waals surface area contributed by atoms with Crippen LogP contribution in [0.2, 0.25) is 0 Å². The predicted octanol–water partition coefficient (Wildman–Crippen LogP) is 2.88. The van der Waals surface area contributed by atoms with E-state index in [1.165, 1.54) is 30.1 Å². The Morgan fingerprint density at radius 3 is 2.81 bits per heavy atom. The number of amides is 1. The summed E-state index contributed by atoms with van der Waals surface area (Å²) in [6.07, 6.45) is 5.89. The van der Waals surface area contributed by atoms with Crippen molar-refractivity contribution in [3.8, 4) is 11.6 Å². The van der Waals surface area contributed by atoms with Crippen molar-refractivity contribution in [3.63, 3.8) is 0 Å². The highest BCUT2D eigenvalue weighted by atomic mass is 32.1. The first-order valence-corrected chi connectivity index (χ1v) is 8.73. The third-order valence-corrected chi connectivity index (χ3v) is 4.86. The minimum atomic E-state index is -0.898. The lowest BCUT2D eigenvalue weighted by Gasteiger charge is -2.14. The van der Waals surface area contributed by atoms with Crippen LogP contribution in [0.15, 0.2) is 49.2 Å². The van der Waals surface area contributed by atoms with E-state index in [1.807, 2.05) is 12.1 Å². The summed E-state index contributed by atoms with van der Waals surface area (Å²) >= 11 is 1.45. The molecule has 3 rings (SSSR count). The number of rotatable bonds is 6. The van der Waals surface area contributed by atoms with Crippen molar-refractivity contribution in [2.75, 3.05) is 0 Å². The van der Waals surface area contributed by atoms with Gasteiger partial charge >= 0.3 is 0 Å². The molecule has 1 amide bonds. The Morgan fingerprint density at radius 2 is 2.12 bits per heavy atom. The maximum Gasteiger partial charge on any atom is 0.258 e. The largest absolute Gasteiger partial charge is 0.436 e. The Morgan fingerprint density at radius 1 is 1.27 bits per heavy atom. The molecule has 3 aromatic heterocycles. The molecule has 0 aliphatic heterocycles. The lowest BCUT2D eigenvalue weighted by atomic mass is 10.1. The van der Waals surface area contributed by atoms with Crippen LogP contribution in [0.1, 0.15) is 34.0 Å². The molecule has 0 aliphatic rings. The fraction of sp³-hybridized carbons (Fsp3) is 0.222. The van der Waals surface area contributed by atoms with Gasteiger partial charge in [0.1, 0.15) is 17.6 Å². The summed E-state index contributed by atoms with van der Waals surface area (Å²) in [5.41, 5.74) is -0.666. The quantitative estimate of drug-likeness (QED) is 0.692. The van der Waals surface area contributed by atoms with Crippen LogP contribution >= 0.6 is 11.3 Å². The van der Waals surface area contributed by atoms with Crippen LogP contribution in [0.25, 0.3) is 0 Å². The van der Waals surface area contributed by atoms with Crippen molar-refractivity contribution in [1.29, 1.82) is 0 Å². The number of carbonyl (C=O) groups excluding carboxylic acids is 1. The van der Waals surface area contributed by atoms with E-state index in [0.717, 1.165) is 9.75 Å². The molecule has 3 aromatic rings. The van der Waals surface area contributed by atoms with Crippen molar-refractivity contribution < 1.29 is 14.6 Å². The summed E-state index contributed by atoms with van der Waals surface area (Å²) in [4.78, 5) is 26.2. The average Bonchev–Trinajstić information content (AvgIpc) is 3.10. The molecular formula is C18H18N4O3S. The average molecular weight is 370 g/mol. The van der Waals surface area contributed by atoms with Crippen molar-refractivity contribution in [2.24, 2.45) is 0 Å². The number of pyridine rings is 1. The second-order valence-corrected chi connectivity index (χ2v) is 7.21. The lowest BCUT2D eigenvalue weighted by molar-refractivity contribution is 0.0825. The van der Waals surface area contributed by atoms with Crippen molar-refractivity contribution in [3.05, 3.63) is 64.5 Å². The van der Waals surface area contributed by atoms with Crippen LogP contribution in [0.4, 0.5) is 0 Å². The third-order valence-electron chi connectivity index (χ3n) is 3.46. The summed E-state index contributed by atoms with van der Waals surface area (Å²) in [5.74, 6) is 0.296. The van der Waals surface area contributed by atoms with Gasteiger partial charge in [-0.3, -0.25) is 9.78 Å². The van der Waals surface area contributed by atoms with Gasteiger partial charge in [0.25, 0.3) is 5.91 Å². The molecule has 7 nitrogen and oxygen atoms in total. The van der Waals surface area contributed by atoms with Gasteiger partial charge in [-0.1, -0.05) is 0 Å². The number of nitrogens with zero attached hydrogens (tertiary/aromatic N) is 3. The molecule has 0 saturated heterocycles. The fourth-order valence-corrected chi connectivity index (χ4v) is 3.09. The number of aliphatic hydroxyl groups is 1. The Balaban J connectivity index is 1.69. The second-order valence-electron chi connectivity index (χ2n) is 6.04. The van der Waals surface area contributed by atoms with Gasteiger partial charge in [-0.15, -0.1) is 11.3 Å². The molecule has 0 aliphatic carbocycles. The summed E-state index contributed by atoms with van der Waals surface area (Å²) in [5, 5.41) is 12.8. The first kappa shape index (κ1) is 18.0. The Hall–Kier alpha value is -2.84. The van der Waals surface area contributed by atoms with Crippen molar-refractivity contribution >= 4 is 17.2 Å². The van der Waals surface area contributed by atoms with Gasteiger partial charge in [-0.25, -0.2) is 9.97 Å². The normalized spacial score (nSPS) is 11.2. The Bertz CT molecular complexity index is 891. The van der Waals surface area contributed by atoms with Gasteiger partial charge in [0.05, 0.1) is 18.3 Å². The zero-order valence-electron chi connectivity index (χ0n) is 14.3. The van der Waals surface area contributed by atoms with E-state index in [9.17, 15) is 9.90 Å². The van der Waals surface area contributed by atoms with Crippen molar-refractivity contribution in [1.82, 2.24) is 20.3 Å². The fourth-order valence-electron chi connectivity index (χ4n) is 2.14. The van der Waals surface area contributed by atoms with Crippen LogP contribution < -0.4 is 10.1 Å². The molecule has 2 N–H and O–H groups in total. The van der Waals surface area contributed by atoms with E-state index >= 15 is 0 Å². The summed E-state index contributed by atoms with van der Waals surface area (Å²) in [6, 6.07) is 7.19. The zero-order chi connectivity index (χ0) is 18.6. The van der Waals surface area contributed by atoms with E-state index < -0.39 is 5.60 Å². The van der Waals surface area contributed by atoms with Crippen LogP contribution in [-0.2, 0) is 12.1 Å². The molecule has 0 unspecified atom stereocenters. The summed E-state index contributed by atoms with van der Waals surface area (Å²) in [7, 11) is 0. The van der Waals surface area contributed by atoms with Gasteiger partial charge in [-0.2, -0.15) is 0 Å². The third kappa shape index (κ3) is 4.41. The molecule has 0 atom stereocenters. The van der Waals surface area contributed by atoms with Crippen LogP contribution in [0.3, 0.4) is 0 Å². The molecule has 0 aromatic carbocycles. The van der Waals surface area contributed by atoms with E-state index in [1.54, 1.807) is 32.2 Å². The first-order valence-electron chi connectivity index (χ1n) is 7.91. The molecule has 0 radical (unpaired) electrons. The molecule has 0 saturated carbocycles. The van der Waals surface area contributed by atoms with E-state index in [4.69, 9.17) is 4.74 Å². The summed E-state index contributed by atoms with van der Waals surface area (Å²) < 4.78 is 5.63. The standard InChI is InChI=1S/C18H18N4O3S/c1-18(2,24)15-6-5-13(26-15)9-21-16(23)14-10-20-11-22-17(14)25-12-4-3-7-19-8-12/h3-8,10-11,24H,9H2,1-2H3,(H,21,23). The molecule has 0 fully saturated rings. The topological polar surface area (TPSA) is 97.2 Å². The van der Waals surface area contributed by atoms with Crippen LogP contribution in [-0.4, -0.2) is 26.0 Å². The van der Waals surface area contributed by atoms with Crippen molar-refractivity contribution in [2.45, 2.75) is 26.0 Å². The highest BCUT2D eigenvalue weighted by molar-refractivity contribution is 7.12. The number of aromatic nitrogens is 3. The van der Waals surface area contributed by atoms with Gasteiger partial charge in [0.2, 0.25) is 5.88 Å². The molecule has 0 spiro atoms. The molecular weight excluding hydrogens is 352 g/mol. The number of ether oxygens (including phenoxy) is 1.